The molecule has 0 radical (unpaired) electrons. The molecular formula is C22H21N5O2. The Morgan fingerprint density at radius 2 is 1.97 bits per heavy atom. The Morgan fingerprint density at radius 3 is 2.55 bits per heavy atom. The smallest absolute Gasteiger partial charge is 0.410 e. The third kappa shape index (κ3) is 3.35. The summed E-state index contributed by atoms with van der Waals surface area (Å²) in [5.41, 5.74) is -0.239. The predicted molar refractivity (Wildman–Crippen MR) is 104 cm³/mol. The van der Waals surface area contributed by atoms with Crippen molar-refractivity contribution in [2.45, 2.75) is 13.3 Å². The van der Waals surface area contributed by atoms with Gasteiger partial charge in [0.25, 0.3) is 0 Å². The fraction of sp³-hybridized carbons (Fsp3) is 0.409. The topological polar surface area (TPSA) is 125 Å². The van der Waals surface area contributed by atoms with E-state index in [2.05, 4.69) is 18.2 Å². The Bertz CT molecular complexity index is 950. The van der Waals surface area contributed by atoms with Crippen molar-refractivity contribution < 1.29 is 9.53 Å². The molecule has 2 aliphatic rings. The Hall–Kier alpha value is -3.63. The van der Waals surface area contributed by atoms with Crippen LogP contribution in [0.15, 0.2) is 42.0 Å². The number of nitriles is 3. The molecular weight excluding hydrogens is 366 g/mol. The molecule has 0 saturated heterocycles. The summed E-state index contributed by atoms with van der Waals surface area (Å²) in [5.74, 6) is -1.87. The van der Waals surface area contributed by atoms with Crippen molar-refractivity contribution in [1.82, 2.24) is 4.90 Å². The molecule has 1 N–H and O–H groups in total. The SMILES string of the molecule is CCOC(=O)N1CC=C2C(C#N)C(=N)C(C#N)(C#N)[C@@H](Cc3ccccc3)[C@H]2C1. The van der Waals surface area contributed by atoms with Crippen LogP contribution in [0.2, 0.25) is 0 Å². The fourth-order valence-electron chi connectivity index (χ4n) is 4.35. The molecule has 1 saturated carbocycles. The summed E-state index contributed by atoms with van der Waals surface area (Å²) in [6.45, 7) is 2.50. The van der Waals surface area contributed by atoms with Gasteiger partial charge < -0.3 is 15.0 Å². The maximum absolute atomic E-state index is 12.3. The number of fused-ring (bicyclic) bond motifs is 1. The van der Waals surface area contributed by atoms with Crippen LogP contribution in [0.25, 0.3) is 0 Å². The van der Waals surface area contributed by atoms with Gasteiger partial charge in [-0.05, 0) is 24.5 Å². The lowest BCUT2D eigenvalue weighted by molar-refractivity contribution is 0.0934. The highest BCUT2D eigenvalue weighted by molar-refractivity contribution is 6.00. The van der Waals surface area contributed by atoms with Crippen LogP contribution in [-0.2, 0) is 11.2 Å². The van der Waals surface area contributed by atoms with Crippen LogP contribution >= 0.6 is 0 Å². The number of carbonyl (C=O) groups excluding carboxylic acids is 1. The minimum Gasteiger partial charge on any atom is -0.450 e. The van der Waals surface area contributed by atoms with Gasteiger partial charge in [-0.2, -0.15) is 15.8 Å². The molecule has 0 bridgehead atoms. The minimum atomic E-state index is -1.73. The zero-order valence-electron chi connectivity index (χ0n) is 16.1. The quantitative estimate of drug-likeness (QED) is 0.798. The number of ether oxygens (including phenoxy) is 1. The first kappa shape index (κ1) is 20.1. The molecule has 3 atom stereocenters. The van der Waals surface area contributed by atoms with Crippen molar-refractivity contribution in [3.8, 4) is 18.2 Å². The van der Waals surface area contributed by atoms with Crippen LogP contribution in [0.3, 0.4) is 0 Å². The molecule has 146 valence electrons. The molecule has 1 unspecified atom stereocenters. The zero-order valence-corrected chi connectivity index (χ0v) is 16.1. The van der Waals surface area contributed by atoms with E-state index in [0.717, 1.165) is 11.1 Å². The third-order valence-electron chi connectivity index (χ3n) is 5.79. The van der Waals surface area contributed by atoms with Crippen LogP contribution in [-0.4, -0.2) is 36.4 Å². The second-order valence-corrected chi connectivity index (χ2v) is 7.22. The Balaban J connectivity index is 2.09. The summed E-state index contributed by atoms with van der Waals surface area (Å²) in [6.07, 6.45) is 1.71. The van der Waals surface area contributed by atoms with E-state index in [4.69, 9.17) is 10.1 Å². The summed E-state index contributed by atoms with van der Waals surface area (Å²) in [7, 11) is 0. The van der Waals surface area contributed by atoms with Crippen LogP contribution in [0.4, 0.5) is 4.79 Å². The normalized spacial score (nSPS) is 24.9. The van der Waals surface area contributed by atoms with Crippen molar-refractivity contribution in [2.24, 2.45) is 23.2 Å². The van der Waals surface area contributed by atoms with E-state index < -0.39 is 23.3 Å². The van der Waals surface area contributed by atoms with Gasteiger partial charge in [0.05, 0.1) is 30.5 Å². The Labute approximate surface area is 169 Å². The van der Waals surface area contributed by atoms with Crippen LogP contribution in [0.1, 0.15) is 12.5 Å². The number of carbonyl (C=O) groups is 1. The van der Waals surface area contributed by atoms with E-state index >= 15 is 0 Å². The molecule has 0 aromatic heterocycles. The first-order chi connectivity index (χ1) is 14.0. The molecule has 29 heavy (non-hydrogen) atoms. The molecule has 1 aliphatic heterocycles. The number of hydrogen-bond donors (Lipinski definition) is 1. The number of benzene rings is 1. The van der Waals surface area contributed by atoms with E-state index in [0.29, 0.717) is 6.42 Å². The van der Waals surface area contributed by atoms with Crippen molar-refractivity contribution in [1.29, 1.82) is 21.2 Å². The number of nitrogens with zero attached hydrogens (tertiary/aromatic N) is 4. The summed E-state index contributed by atoms with van der Waals surface area (Å²) in [5, 5.41) is 38.2. The number of hydrogen-bond acceptors (Lipinski definition) is 6. The lowest BCUT2D eigenvalue weighted by Gasteiger charge is -2.47. The highest BCUT2D eigenvalue weighted by Crippen LogP contribution is 2.49. The lowest BCUT2D eigenvalue weighted by Crippen LogP contribution is -2.55. The first-order valence-electron chi connectivity index (χ1n) is 9.49. The van der Waals surface area contributed by atoms with Gasteiger partial charge in [-0.15, -0.1) is 0 Å². The third-order valence-corrected chi connectivity index (χ3v) is 5.79. The standard InChI is InChI=1S/C22H21N5O2/c1-2-29-21(28)27-9-8-16-17(11-23)20(26)22(13-24,14-25)19(18(16)12-27)10-15-6-4-3-5-7-15/h3-8,17-19,26H,2,9-10,12H2,1H3/t17?,18-,19-/m0/s1. The Morgan fingerprint density at radius 1 is 1.28 bits per heavy atom. The molecule has 7 heteroatoms. The second kappa shape index (κ2) is 8.17. The van der Waals surface area contributed by atoms with E-state index in [9.17, 15) is 20.6 Å². The van der Waals surface area contributed by atoms with E-state index in [-0.39, 0.29) is 31.3 Å². The van der Waals surface area contributed by atoms with Gasteiger partial charge in [0.15, 0.2) is 5.41 Å². The van der Waals surface area contributed by atoms with Crippen molar-refractivity contribution >= 4 is 11.8 Å². The van der Waals surface area contributed by atoms with Gasteiger partial charge in [0.2, 0.25) is 0 Å². The van der Waals surface area contributed by atoms with Gasteiger partial charge in [0.1, 0.15) is 5.92 Å². The highest BCUT2D eigenvalue weighted by atomic mass is 16.6. The molecule has 1 amide bonds. The summed E-state index contributed by atoms with van der Waals surface area (Å²) >= 11 is 0. The minimum absolute atomic E-state index is 0.169. The number of amides is 1. The average Bonchev–Trinajstić information content (AvgIpc) is 2.75. The van der Waals surface area contributed by atoms with Gasteiger partial charge >= 0.3 is 6.09 Å². The lowest BCUT2D eigenvalue weighted by atomic mass is 9.54. The molecule has 1 aromatic carbocycles. The van der Waals surface area contributed by atoms with E-state index in [1.807, 2.05) is 30.3 Å². The summed E-state index contributed by atoms with van der Waals surface area (Å²) < 4.78 is 5.11. The second-order valence-electron chi connectivity index (χ2n) is 7.22. The number of rotatable bonds is 3. The summed E-state index contributed by atoms with van der Waals surface area (Å²) in [4.78, 5) is 13.8. The van der Waals surface area contributed by atoms with Crippen molar-refractivity contribution in [3.05, 3.63) is 47.5 Å². The summed E-state index contributed by atoms with van der Waals surface area (Å²) in [6, 6.07) is 15.7. The maximum atomic E-state index is 12.3. The maximum Gasteiger partial charge on any atom is 0.410 e. The fourth-order valence-corrected chi connectivity index (χ4v) is 4.35. The van der Waals surface area contributed by atoms with Crippen molar-refractivity contribution in [2.75, 3.05) is 19.7 Å². The van der Waals surface area contributed by atoms with Crippen LogP contribution < -0.4 is 0 Å². The molecule has 7 nitrogen and oxygen atoms in total. The average molecular weight is 387 g/mol. The van der Waals surface area contributed by atoms with Crippen LogP contribution in [0.5, 0.6) is 0 Å². The molecule has 1 heterocycles. The largest absolute Gasteiger partial charge is 0.450 e. The zero-order chi connectivity index (χ0) is 21.0. The molecule has 3 rings (SSSR count). The molecule has 1 aromatic rings. The van der Waals surface area contributed by atoms with E-state index in [1.54, 1.807) is 13.0 Å². The van der Waals surface area contributed by atoms with Gasteiger partial charge in [-0.1, -0.05) is 36.4 Å². The predicted octanol–water partition coefficient (Wildman–Crippen LogP) is 3.07. The van der Waals surface area contributed by atoms with Crippen LogP contribution in [0, 0.1) is 62.6 Å². The molecule has 1 fully saturated rings. The van der Waals surface area contributed by atoms with Crippen molar-refractivity contribution in [3.63, 3.8) is 0 Å². The molecule has 0 spiro atoms. The highest BCUT2D eigenvalue weighted by Gasteiger charge is 2.57. The van der Waals surface area contributed by atoms with Gasteiger partial charge in [-0.3, -0.25) is 0 Å². The Kier molecular flexibility index (Phi) is 5.66. The van der Waals surface area contributed by atoms with E-state index in [1.165, 1.54) is 4.90 Å². The first-order valence-corrected chi connectivity index (χ1v) is 9.49. The van der Waals surface area contributed by atoms with Gasteiger partial charge in [0, 0.05) is 24.9 Å². The molecule has 1 aliphatic carbocycles. The van der Waals surface area contributed by atoms with Gasteiger partial charge in [-0.25, -0.2) is 4.79 Å². The monoisotopic (exact) mass is 387 g/mol. The number of nitrogens with one attached hydrogen (secondary N) is 1.